The van der Waals surface area contributed by atoms with Crippen LogP contribution in [-0.4, -0.2) is 75.6 Å². The van der Waals surface area contributed by atoms with Gasteiger partial charge in [0.2, 0.25) is 0 Å². The van der Waals surface area contributed by atoms with Gasteiger partial charge in [0.05, 0.1) is 34.4 Å². The molecule has 1 N–H and O–H groups in total. The number of rotatable bonds is 44. The van der Waals surface area contributed by atoms with E-state index in [4.69, 9.17) is 18.5 Å². The number of nitrogens with zero attached hydrogens (tertiary/aromatic N) is 1. The van der Waals surface area contributed by atoms with Crippen molar-refractivity contribution in [3.63, 3.8) is 0 Å². The van der Waals surface area contributed by atoms with Crippen LogP contribution in [0, 0.1) is 0 Å². The van der Waals surface area contributed by atoms with Crippen molar-refractivity contribution in [2.24, 2.45) is 0 Å². The largest absolute Gasteiger partial charge is 0.472 e. The Balaban J connectivity index is 4.33. The zero-order chi connectivity index (χ0) is 47.6. The topological polar surface area (TPSA) is 91.3 Å². The first-order valence-electron chi connectivity index (χ1n) is 24.9. The van der Waals surface area contributed by atoms with Crippen molar-refractivity contribution in [2.45, 2.75) is 161 Å². The van der Waals surface area contributed by atoms with E-state index in [1.165, 1.54) is 19.3 Å². The van der Waals surface area contributed by atoms with E-state index in [-0.39, 0.29) is 32.2 Å². The molecule has 65 heavy (non-hydrogen) atoms. The Morgan fingerprint density at radius 3 is 1.26 bits per heavy atom. The van der Waals surface area contributed by atoms with Crippen molar-refractivity contribution in [1.29, 1.82) is 0 Å². The van der Waals surface area contributed by atoms with Crippen LogP contribution in [0.5, 0.6) is 0 Å². The molecule has 0 amide bonds. The third-order valence-electron chi connectivity index (χ3n) is 9.71. The van der Waals surface area contributed by atoms with Crippen molar-refractivity contribution in [3.05, 3.63) is 134 Å². The van der Waals surface area contributed by atoms with Gasteiger partial charge in [-0.2, -0.15) is 0 Å². The molecule has 0 aromatic rings. The molecule has 0 aromatic carbocycles. The second kappa shape index (κ2) is 47.1. The first-order chi connectivity index (χ1) is 31.6. The summed E-state index contributed by atoms with van der Waals surface area (Å²) >= 11 is 0. The standard InChI is InChI=1S/C56H92NO7P/c1-6-8-10-12-14-16-18-20-22-24-26-28-30-32-34-36-38-40-42-44-46-48-51-61-53-55(54-63-65(59,60)62-52-50-57(3,4)5)64-56(58)49-47-45-43-41-39-37-35-33-31-29-27-25-23-21-19-17-15-13-11-9-7-2/h8-11,14-17,20-23,26-29,32-35,39,41,55H,6-7,12-13,18-19,24-25,30-31,36-38,40,42-54H2,1-5H3/p+1/b10-8-,11-9-,16-14-,17-15-,22-20-,23-21-,28-26-,29-27-,34-32-,35-33-,41-39-. The molecule has 8 nitrogen and oxygen atoms in total. The van der Waals surface area contributed by atoms with E-state index in [0.29, 0.717) is 24.1 Å². The highest BCUT2D eigenvalue weighted by molar-refractivity contribution is 7.47. The van der Waals surface area contributed by atoms with Gasteiger partial charge in [-0.15, -0.1) is 0 Å². The van der Waals surface area contributed by atoms with Crippen LogP contribution < -0.4 is 0 Å². The van der Waals surface area contributed by atoms with E-state index < -0.39 is 13.9 Å². The molecule has 0 saturated heterocycles. The molecule has 9 heteroatoms. The van der Waals surface area contributed by atoms with Gasteiger partial charge < -0.3 is 18.9 Å². The van der Waals surface area contributed by atoms with Gasteiger partial charge in [-0.05, 0) is 109 Å². The molecule has 368 valence electrons. The van der Waals surface area contributed by atoms with E-state index >= 15 is 0 Å². The average Bonchev–Trinajstić information content (AvgIpc) is 3.27. The molecule has 0 saturated carbocycles. The normalized spacial score (nSPS) is 14.7. The lowest BCUT2D eigenvalue weighted by Gasteiger charge is -2.24. The Kier molecular flexibility index (Phi) is 44.7. The molecule has 0 aliphatic rings. The van der Waals surface area contributed by atoms with E-state index in [1.54, 1.807) is 0 Å². The summed E-state index contributed by atoms with van der Waals surface area (Å²) in [5.74, 6) is -0.367. The fraction of sp³-hybridized carbons (Fsp3) is 0.589. The number of unbranched alkanes of at least 4 members (excludes halogenated alkanes) is 8. The highest BCUT2D eigenvalue weighted by Gasteiger charge is 2.26. The van der Waals surface area contributed by atoms with Crippen LogP contribution >= 0.6 is 7.82 Å². The SMILES string of the molecule is CC/C=C\C/C=C\C/C=C\C/C=C\C/C=C\C/C=C\CCCCC(=O)OC(COCCCCCCCC/C=C\C/C=C\C/C=C\C/C=C\C/C=C\CC)COP(=O)(O)OCC[N+](C)(C)C. The zero-order valence-corrected chi connectivity index (χ0v) is 42.6. The van der Waals surface area contributed by atoms with Crippen LogP contribution in [0.4, 0.5) is 0 Å². The number of ether oxygens (including phenoxy) is 2. The first-order valence-corrected chi connectivity index (χ1v) is 26.4. The molecule has 0 spiro atoms. The molecular weight excluding hydrogens is 830 g/mol. The fourth-order valence-electron chi connectivity index (χ4n) is 5.93. The Labute approximate surface area is 398 Å². The highest BCUT2D eigenvalue weighted by atomic mass is 31.2. The van der Waals surface area contributed by atoms with Crippen LogP contribution in [0.15, 0.2) is 134 Å². The van der Waals surface area contributed by atoms with Gasteiger partial charge in [0.25, 0.3) is 0 Å². The van der Waals surface area contributed by atoms with E-state index in [9.17, 15) is 14.3 Å². The summed E-state index contributed by atoms with van der Waals surface area (Å²) in [6.07, 6.45) is 69.3. The molecule has 0 fully saturated rings. The number of phosphoric ester groups is 1. The molecule has 0 aliphatic carbocycles. The number of allylic oxidation sites excluding steroid dienone is 22. The van der Waals surface area contributed by atoms with Crippen LogP contribution in [0.25, 0.3) is 0 Å². The molecule has 0 aromatic heterocycles. The number of quaternary nitrogens is 1. The number of hydrogen-bond donors (Lipinski definition) is 1. The molecular formula is C56H93NO7P+. The van der Waals surface area contributed by atoms with Gasteiger partial charge in [-0.3, -0.25) is 13.8 Å². The van der Waals surface area contributed by atoms with Crippen molar-refractivity contribution < 1.29 is 37.3 Å². The Morgan fingerprint density at radius 2 is 0.846 bits per heavy atom. The minimum atomic E-state index is -4.31. The third kappa shape index (κ3) is 51.5. The highest BCUT2D eigenvalue weighted by Crippen LogP contribution is 2.43. The van der Waals surface area contributed by atoms with Gasteiger partial charge in [-0.25, -0.2) is 4.57 Å². The summed E-state index contributed by atoms with van der Waals surface area (Å²) in [5, 5.41) is 0. The van der Waals surface area contributed by atoms with Crippen molar-refractivity contribution in [1.82, 2.24) is 0 Å². The van der Waals surface area contributed by atoms with Gasteiger partial charge >= 0.3 is 13.8 Å². The number of likely N-dealkylation sites (N-methyl/N-ethyl adjacent to an activating group) is 1. The predicted molar refractivity (Wildman–Crippen MR) is 279 cm³/mol. The van der Waals surface area contributed by atoms with Crippen molar-refractivity contribution in [3.8, 4) is 0 Å². The minimum absolute atomic E-state index is 0.0678. The second-order valence-corrected chi connectivity index (χ2v) is 18.5. The Morgan fingerprint density at radius 1 is 0.477 bits per heavy atom. The van der Waals surface area contributed by atoms with Gasteiger partial charge in [0, 0.05) is 13.0 Å². The summed E-state index contributed by atoms with van der Waals surface area (Å²) in [4.78, 5) is 23.0. The first kappa shape index (κ1) is 61.6. The molecule has 0 bridgehead atoms. The summed E-state index contributed by atoms with van der Waals surface area (Å²) < 4.78 is 35.1. The van der Waals surface area contributed by atoms with Crippen LogP contribution in [-0.2, 0) is 27.9 Å². The Hall–Kier alpha value is -3.36. The predicted octanol–water partition coefficient (Wildman–Crippen LogP) is 15.5. The lowest BCUT2D eigenvalue weighted by atomic mass is 10.1. The van der Waals surface area contributed by atoms with Crippen molar-refractivity contribution >= 4 is 13.8 Å². The van der Waals surface area contributed by atoms with E-state index in [2.05, 4.69) is 148 Å². The maximum Gasteiger partial charge on any atom is 0.472 e. The number of esters is 1. The zero-order valence-electron chi connectivity index (χ0n) is 41.7. The van der Waals surface area contributed by atoms with Gasteiger partial charge in [-0.1, -0.05) is 173 Å². The van der Waals surface area contributed by atoms with E-state index in [1.807, 2.05) is 21.1 Å². The molecule has 0 heterocycles. The molecule has 0 radical (unpaired) electrons. The van der Waals surface area contributed by atoms with Crippen molar-refractivity contribution in [2.75, 3.05) is 54.1 Å². The third-order valence-corrected chi connectivity index (χ3v) is 10.7. The molecule has 2 atom stereocenters. The number of carbonyl (C=O) groups is 1. The fourth-order valence-corrected chi connectivity index (χ4v) is 6.68. The minimum Gasteiger partial charge on any atom is -0.457 e. The maximum atomic E-state index is 12.7. The smallest absolute Gasteiger partial charge is 0.457 e. The lowest BCUT2D eigenvalue weighted by Crippen LogP contribution is -2.37. The summed E-state index contributed by atoms with van der Waals surface area (Å²) in [5.41, 5.74) is 0. The number of carbonyl (C=O) groups excluding carboxylic acids is 1. The summed E-state index contributed by atoms with van der Waals surface area (Å²) in [6.45, 7) is 5.26. The van der Waals surface area contributed by atoms with Crippen LogP contribution in [0.1, 0.15) is 155 Å². The maximum absolute atomic E-state index is 12.7. The quantitative estimate of drug-likeness (QED) is 0.0214. The summed E-state index contributed by atoms with van der Waals surface area (Å²) in [6, 6.07) is 0. The summed E-state index contributed by atoms with van der Waals surface area (Å²) in [7, 11) is 1.60. The number of phosphoric acid groups is 1. The molecule has 0 rings (SSSR count). The second-order valence-electron chi connectivity index (χ2n) is 17.1. The van der Waals surface area contributed by atoms with Crippen LogP contribution in [0.3, 0.4) is 0 Å². The molecule has 2 unspecified atom stereocenters. The van der Waals surface area contributed by atoms with Gasteiger partial charge in [0.1, 0.15) is 19.3 Å². The lowest BCUT2D eigenvalue weighted by molar-refractivity contribution is -0.870. The average molecular weight is 923 g/mol. The van der Waals surface area contributed by atoms with E-state index in [0.717, 1.165) is 109 Å². The molecule has 0 aliphatic heterocycles. The monoisotopic (exact) mass is 923 g/mol. The van der Waals surface area contributed by atoms with Gasteiger partial charge in [0.15, 0.2) is 0 Å². The Bertz CT molecular complexity index is 1490. The van der Waals surface area contributed by atoms with Crippen LogP contribution in [0.2, 0.25) is 0 Å². The number of hydrogen-bond acceptors (Lipinski definition) is 6.